The van der Waals surface area contributed by atoms with Crippen molar-refractivity contribution in [1.82, 2.24) is 9.80 Å². The van der Waals surface area contributed by atoms with Crippen LogP contribution in [-0.2, 0) is 4.74 Å². The van der Waals surface area contributed by atoms with Gasteiger partial charge in [0, 0.05) is 25.7 Å². The fraction of sp³-hybridized carbons (Fsp3) is 1.00. The third-order valence-electron chi connectivity index (χ3n) is 7.84. The van der Waals surface area contributed by atoms with Crippen LogP contribution in [0.25, 0.3) is 0 Å². The van der Waals surface area contributed by atoms with Crippen molar-refractivity contribution in [1.29, 1.82) is 0 Å². The van der Waals surface area contributed by atoms with Gasteiger partial charge in [-0.2, -0.15) is 0 Å². The molecule has 0 bridgehead atoms. The number of hydrogen-bond acceptors (Lipinski definition) is 3. The highest BCUT2D eigenvalue weighted by Gasteiger charge is 2.37. The van der Waals surface area contributed by atoms with Gasteiger partial charge in [-0.3, -0.25) is 0 Å². The largest absolute Gasteiger partial charge is 0.378 e. The zero-order valence-electron chi connectivity index (χ0n) is 18.3. The lowest BCUT2D eigenvalue weighted by atomic mass is 9.82. The molecule has 0 aromatic heterocycles. The normalized spacial score (nSPS) is 39.1. The Morgan fingerprint density at radius 2 is 1.65 bits per heavy atom. The molecule has 3 aliphatic rings. The van der Waals surface area contributed by atoms with Crippen molar-refractivity contribution in [2.75, 3.05) is 40.3 Å². The maximum Gasteiger partial charge on any atom is 0.0601 e. The molecule has 0 amide bonds. The van der Waals surface area contributed by atoms with Gasteiger partial charge in [0.05, 0.1) is 6.10 Å². The van der Waals surface area contributed by atoms with Crippen LogP contribution in [0.1, 0.15) is 59.8 Å². The van der Waals surface area contributed by atoms with E-state index < -0.39 is 0 Å². The molecule has 3 saturated heterocycles. The molecule has 0 N–H and O–H groups in total. The minimum absolute atomic E-state index is 0.506. The Balaban J connectivity index is 1.44. The average molecular weight is 365 g/mol. The summed E-state index contributed by atoms with van der Waals surface area (Å²) in [5, 5.41) is 0. The monoisotopic (exact) mass is 364 g/mol. The molecule has 3 fully saturated rings. The summed E-state index contributed by atoms with van der Waals surface area (Å²) >= 11 is 0. The van der Waals surface area contributed by atoms with Crippen molar-refractivity contribution in [3.05, 3.63) is 0 Å². The summed E-state index contributed by atoms with van der Waals surface area (Å²) < 4.78 is 6.04. The van der Waals surface area contributed by atoms with Crippen molar-refractivity contribution in [3.63, 3.8) is 0 Å². The number of rotatable bonds is 7. The number of ether oxygens (including phenoxy) is 1. The van der Waals surface area contributed by atoms with Gasteiger partial charge in [-0.25, -0.2) is 0 Å². The highest BCUT2D eigenvalue weighted by atomic mass is 16.5. The smallest absolute Gasteiger partial charge is 0.0601 e. The van der Waals surface area contributed by atoms with Crippen molar-refractivity contribution in [2.45, 2.75) is 71.9 Å². The Labute approximate surface area is 162 Å². The van der Waals surface area contributed by atoms with Gasteiger partial charge < -0.3 is 14.5 Å². The summed E-state index contributed by atoms with van der Waals surface area (Å²) in [5.74, 6) is 5.00. The molecule has 3 aliphatic heterocycles. The van der Waals surface area contributed by atoms with Crippen LogP contribution in [0.3, 0.4) is 0 Å². The fourth-order valence-corrected chi connectivity index (χ4v) is 6.16. The summed E-state index contributed by atoms with van der Waals surface area (Å²) in [6.07, 6.45) is 7.42. The minimum atomic E-state index is 0.506. The molecule has 0 spiro atoms. The molecule has 3 heteroatoms. The molecule has 7 atom stereocenters. The molecule has 152 valence electrons. The highest BCUT2D eigenvalue weighted by Crippen LogP contribution is 2.38. The molecule has 26 heavy (non-hydrogen) atoms. The Morgan fingerprint density at radius 3 is 2.27 bits per heavy atom. The first-order valence-corrected chi connectivity index (χ1v) is 11.3. The summed E-state index contributed by atoms with van der Waals surface area (Å²) in [6.45, 7) is 14.6. The first-order valence-electron chi connectivity index (χ1n) is 11.3. The van der Waals surface area contributed by atoms with Gasteiger partial charge in [0.15, 0.2) is 0 Å². The van der Waals surface area contributed by atoms with Crippen LogP contribution in [0.4, 0.5) is 0 Å². The van der Waals surface area contributed by atoms with Crippen molar-refractivity contribution < 1.29 is 4.74 Å². The van der Waals surface area contributed by atoms with Gasteiger partial charge in [-0.05, 0) is 88.3 Å². The van der Waals surface area contributed by atoms with Gasteiger partial charge in [-0.1, -0.05) is 27.7 Å². The minimum Gasteiger partial charge on any atom is -0.378 e. The van der Waals surface area contributed by atoms with Crippen LogP contribution < -0.4 is 0 Å². The summed E-state index contributed by atoms with van der Waals surface area (Å²) in [4.78, 5) is 5.19. The van der Waals surface area contributed by atoms with Crippen LogP contribution in [0.15, 0.2) is 0 Å². The SMILES string of the molecule is CC(C)C1CC(CC(C)C2CC(CC(C)C3CCN(C)C3)CN2C)CO1. The number of nitrogens with zero attached hydrogens (tertiary/aromatic N) is 2. The Kier molecular flexibility index (Phi) is 7.07. The topological polar surface area (TPSA) is 15.7 Å². The quantitative estimate of drug-likeness (QED) is 0.667. The number of likely N-dealkylation sites (tertiary alicyclic amines) is 2. The van der Waals surface area contributed by atoms with E-state index in [4.69, 9.17) is 4.74 Å². The summed E-state index contributed by atoms with van der Waals surface area (Å²) in [5.41, 5.74) is 0. The second kappa shape index (κ2) is 8.92. The fourth-order valence-electron chi connectivity index (χ4n) is 6.16. The molecule has 3 rings (SSSR count). The lowest BCUT2D eigenvalue weighted by molar-refractivity contribution is 0.0717. The van der Waals surface area contributed by atoms with Crippen molar-refractivity contribution in [2.24, 2.45) is 35.5 Å². The maximum atomic E-state index is 6.04. The van der Waals surface area contributed by atoms with E-state index in [-0.39, 0.29) is 0 Å². The van der Waals surface area contributed by atoms with Crippen LogP contribution >= 0.6 is 0 Å². The van der Waals surface area contributed by atoms with E-state index in [1.165, 1.54) is 51.7 Å². The van der Waals surface area contributed by atoms with Crippen LogP contribution in [0.5, 0.6) is 0 Å². The molecular weight excluding hydrogens is 320 g/mol. The zero-order valence-corrected chi connectivity index (χ0v) is 18.3. The zero-order chi connectivity index (χ0) is 18.8. The molecule has 3 heterocycles. The third-order valence-corrected chi connectivity index (χ3v) is 7.84. The highest BCUT2D eigenvalue weighted by molar-refractivity contribution is 4.90. The van der Waals surface area contributed by atoms with E-state index in [0.29, 0.717) is 12.0 Å². The molecule has 0 aromatic carbocycles. The molecular formula is C23H44N2O. The van der Waals surface area contributed by atoms with Gasteiger partial charge in [-0.15, -0.1) is 0 Å². The Hall–Kier alpha value is -0.120. The average Bonchev–Trinajstić information content (AvgIpc) is 3.27. The van der Waals surface area contributed by atoms with Gasteiger partial charge in [0.2, 0.25) is 0 Å². The molecule has 0 radical (unpaired) electrons. The second-order valence-electron chi connectivity index (χ2n) is 10.6. The van der Waals surface area contributed by atoms with E-state index in [1.54, 1.807) is 0 Å². The Morgan fingerprint density at radius 1 is 0.923 bits per heavy atom. The van der Waals surface area contributed by atoms with Gasteiger partial charge in [0.1, 0.15) is 0 Å². The maximum absolute atomic E-state index is 6.04. The molecule has 0 aliphatic carbocycles. The second-order valence-corrected chi connectivity index (χ2v) is 10.6. The van der Waals surface area contributed by atoms with Crippen LogP contribution in [0, 0.1) is 35.5 Å². The first kappa shape index (κ1) is 20.6. The van der Waals surface area contributed by atoms with E-state index in [0.717, 1.165) is 42.2 Å². The molecule has 7 unspecified atom stereocenters. The van der Waals surface area contributed by atoms with E-state index in [9.17, 15) is 0 Å². The van der Waals surface area contributed by atoms with Crippen LogP contribution in [-0.4, -0.2) is 62.3 Å². The standard InChI is InChI=1S/C23H44N2O/c1-16(2)23-12-20(15-26-23)10-18(4)22-11-19(13-25(22)6)9-17(3)21-7-8-24(5)14-21/h16-23H,7-15H2,1-6H3. The summed E-state index contributed by atoms with van der Waals surface area (Å²) in [6, 6.07) is 0.788. The van der Waals surface area contributed by atoms with Gasteiger partial charge >= 0.3 is 0 Å². The molecule has 0 aromatic rings. The lowest BCUT2D eigenvalue weighted by Gasteiger charge is -2.27. The Bertz CT molecular complexity index is 440. The van der Waals surface area contributed by atoms with Crippen LogP contribution in [0.2, 0.25) is 0 Å². The van der Waals surface area contributed by atoms with E-state index >= 15 is 0 Å². The predicted molar refractivity (Wildman–Crippen MR) is 110 cm³/mol. The van der Waals surface area contributed by atoms with Crippen molar-refractivity contribution in [3.8, 4) is 0 Å². The first-order chi connectivity index (χ1) is 12.3. The summed E-state index contributed by atoms with van der Waals surface area (Å²) in [7, 11) is 4.65. The third kappa shape index (κ3) is 5.02. The molecule has 3 nitrogen and oxygen atoms in total. The van der Waals surface area contributed by atoms with E-state index in [1.807, 2.05) is 0 Å². The molecule has 0 saturated carbocycles. The van der Waals surface area contributed by atoms with E-state index in [2.05, 4.69) is 51.6 Å². The van der Waals surface area contributed by atoms with Gasteiger partial charge in [0.25, 0.3) is 0 Å². The predicted octanol–water partition coefficient (Wildman–Crippen LogP) is 4.37. The van der Waals surface area contributed by atoms with Crippen molar-refractivity contribution >= 4 is 0 Å². The number of hydrogen-bond donors (Lipinski definition) is 0. The lowest BCUT2D eigenvalue weighted by Crippen LogP contribution is -2.32.